The van der Waals surface area contributed by atoms with E-state index in [4.69, 9.17) is 9.72 Å². The first-order chi connectivity index (χ1) is 28.3. The molecule has 9 rings (SSSR count). The highest BCUT2D eigenvalue weighted by molar-refractivity contribution is 7.22. The van der Waals surface area contributed by atoms with Crippen molar-refractivity contribution in [2.45, 2.75) is 64.5 Å². The summed E-state index contributed by atoms with van der Waals surface area (Å²) in [6, 6.07) is 11.4. The van der Waals surface area contributed by atoms with Gasteiger partial charge in [-0.05, 0) is 88.3 Å². The molecule has 1 saturated carbocycles. The van der Waals surface area contributed by atoms with Gasteiger partial charge in [0.15, 0.2) is 5.13 Å². The number of imide groups is 2. The molecule has 15 nitrogen and oxygen atoms in total. The van der Waals surface area contributed by atoms with Gasteiger partial charge in [-0.2, -0.15) is 0 Å². The molecule has 1 aliphatic carbocycles. The van der Waals surface area contributed by atoms with Crippen LogP contribution in [-0.4, -0.2) is 107 Å². The van der Waals surface area contributed by atoms with Crippen LogP contribution in [0.2, 0.25) is 0 Å². The van der Waals surface area contributed by atoms with Gasteiger partial charge in [-0.25, -0.2) is 4.98 Å². The summed E-state index contributed by atoms with van der Waals surface area (Å²) < 4.78 is 8.36. The van der Waals surface area contributed by atoms with E-state index in [0.29, 0.717) is 28.4 Å². The third kappa shape index (κ3) is 7.37. The number of nitrogens with one attached hydrogen (secondary N) is 2. The molecule has 4 aliphatic heterocycles. The summed E-state index contributed by atoms with van der Waals surface area (Å²) in [6.45, 7) is 10.4. The van der Waals surface area contributed by atoms with Crippen LogP contribution >= 0.6 is 11.3 Å². The Bertz CT molecular complexity index is 2440. The minimum atomic E-state index is -0.967. The number of fused-ring (bicyclic) bond motifs is 2. The molecule has 1 spiro atoms. The van der Waals surface area contributed by atoms with Crippen molar-refractivity contribution in [2.24, 2.45) is 18.4 Å². The molecule has 4 fully saturated rings. The molecule has 2 N–H and O–H groups in total. The highest BCUT2D eigenvalue weighted by atomic mass is 32.1. The molecule has 0 radical (unpaired) electrons. The largest absolute Gasteiger partial charge is 0.490 e. The van der Waals surface area contributed by atoms with Crippen molar-refractivity contribution in [2.75, 3.05) is 60.9 Å². The minimum absolute atomic E-state index is 0.0955. The van der Waals surface area contributed by atoms with Gasteiger partial charge in [0, 0.05) is 82.6 Å². The van der Waals surface area contributed by atoms with E-state index in [1.807, 2.05) is 32.0 Å². The standard InChI is InChI=1S/C43H48N8O7S/c1-25(2)58-34-21-32-35(20-30(34)37(53)44-31-5-4-14-47(3)41(31)57)59-42(45-32)49-17-15-48(16-18-49)22-26-10-12-43(13-11-26)23-50(24-43)27-6-7-28-29(19-27)40(56)51(39(28)55)33-8-9-36(52)46-38(33)54/h4-7,14,19-21,25-26,33H,8-13,15-18,22-24H2,1-3H3,(H,44,53)(H,46,52,54). The van der Waals surface area contributed by atoms with Gasteiger partial charge < -0.3 is 24.4 Å². The summed E-state index contributed by atoms with van der Waals surface area (Å²) in [5, 5.41) is 5.94. The number of benzene rings is 2. The summed E-state index contributed by atoms with van der Waals surface area (Å²) in [4.78, 5) is 89.8. The van der Waals surface area contributed by atoms with Gasteiger partial charge in [-0.15, -0.1) is 0 Å². The molecule has 2 aromatic heterocycles. The molecule has 0 bridgehead atoms. The number of ether oxygens (including phenoxy) is 1. The molecule has 16 heteroatoms. The molecular weight excluding hydrogens is 773 g/mol. The number of piperidine rings is 1. The van der Waals surface area contributed by atoms with Gasteiger partial charge in [0.1, 0.15) is 17.5 Å². The van der Waals surface area contributed by atoms with Crippen LogP contribution in [0.4, 0.5) is 16.5 Å². The van der Waals surface area contributed by atoms with E-state index in [0.717, 1.165) is 84.6 Å². The van der Waals surface area contributed by atoms with Gasteiger partial charge >= 0.3 is 0 Å². The molecule has 1 unspecified atom stereocenters. The normalized spacial score (nSPS) is 21.0. The molecule has 59 heavy (non-hydrogen) atoms. The van der Waals surface area contributed by atoms with E-state index < -0.39 is 29.7 Å². The van der Waals surface area contributed by atoms with E-state index in [1.54, 1.807) is 48.8 Å². The molecule has 1 atom stereocenters. The number of nitrogens with zero attached hydrogens (tertiary/aromatic N) is 6. The molecular formula is C43H48N8O7S. The Balaban J connectivity index is 0.771. The highest BCUT2D eigenvalue weighted by Crippen LogP contribution is 2.48. The monoisotopic (exact) mass is 820 g/mol. The molecule has 308 valence electrons. The fraction of sp³-hybridized carbons (Fsp3) is 0.465. The third-order valence-electron chi connectivity index (χ3n) is 12.6. The number of amides is 5. The Hall–Kier alpha value is -5.61. The topological polar surface area (TPSA) is 166 Å². The first-order valence-corrected chi connectivity index (χ1v) is 21.3. The van der Waals surface area contributed by atoms with Crippen LogP contribution in [0.3, 0.4) is 0 Å². The van der Waals surface area contributed by atoms with E-state index in [-0.39, 0.29) is 41.5 Å². The van der Waals surface area contributed by atoms with Crippen molar-refractivity contribution in [3.8, 4) is 5.75 Å². The predicted octanol–water partition coefficient (Wildman–Crippen LogP) is 4.25. The van der Waals surface area contributed by atoms with Gasteiger partial charge in [-0.3, -0.25) is 43.9 Å². The summed E-state index contributed by atoms with van der Waals surface area (Å²) in [6.07, 6.45) is 6.41. The van der Waals surface area contributed by atoms with E-state index in [1.165, 1.54) is 17.4 Å². The second kappa shape index (κ2) is 15.2. The molecule has 5 aliphatic rings. The number of aromatic nitrogens is 2. The number of hydrogen-bond acceptors (Lipinski definition) is 12. The van der Waals surface area contributed by atoms with Crippen LogP contribution in [0, 0.1) is 11.3 Å². The number of hydrogen-bond donors (Lipinski definition) is 2. The number of aryl methyl sites for hydroxylation is 1. The quantitative estimate of drug-likeness (QED) is 0.232. The molecule has 4 aromatic rings. The van der Waals surface area contributed by atoms with Gasteiger partial charge in [-0.1, -0.05) is 11.3 Å². The lowest BCUT2D eigenvalue weighted by atomic mass is 9.65. The van der Waals surface area contributed by atoms with Crippen molar-refractivity contribution >= 4 is 67.6 Å². The highest BCUT2D eigenvalue weighted by Gasteiger charge is 2.48. The summed E-state index contributed by atoms with van der Waals surface area (Å²) >= 11 is 1.56. The lowest BCUT2D eigenvalue weighted by molar-refractivity contribution is -0.136. The maximum Gasteiger partial charge on any atom is 0.274 e. The SMILES string of the molecule is CC(C)Oc1cc2nc(N3CCN(CC4CCC5(CC4)CN(c4ccc6c(c4)C(=O)N(C4CCC(=O)NC4=O)C6=O)C5)CC3)sc2cc1C(=O)Nc1cccn(C)c1=O. The fourth-order valence-electron chi connectivity index (χ4n) is 9.37. The summed E-state index contributed by atoms with van der Waals surface area (Å²) in [7, 11) is 1.64. The first-order valence-electron chi connectivity index (χ1n) is 20.5. The lowest BCUT2D eigenvalue weighted by Gasteiger charge is -2.55. The zero-order valence-electron chi connectivity index (χ0n) is 33.5. The molecule has 5 amide bonds. The van der Waals surface area contributed by atoms with Crippen LogP contribution in [0.15, 0.2) is 53.5 Å². The van der Waals surface area contributed by atoms with Crippen molar-refractivity contribution in [1.82, 2.24) is 24.7 Å². The van der Waals surface area contributed by atoms with Crippen LogP contribution in [-0.2, 0) is 16.6 Å². The maximum atomic E-state index is 13.5. The summed E-state index contributed by atoms with van der Waals surface area (Å²) in [5.74, 6) is -1.28. The second-order valence-electron chi connectivity index (χ2n) is 17.0. The first kappa shape index (κ1) is 38.9. The molecule has 2 aromatic carbocycles. The van der Waals surface area contributed by atoms with E-state index in [9.17, 15) is 28.8 Å². The van der Waals surface area contributed by atoms with Crippen molar-refractivity contribution < 1.29 is 28.7 Å². The van der Waals surface area contributed by atoms with Gasteiger partial charge in [0.2, 0.25) is 11.8 Å². The lowest BCUT2D eigenvalue weighted by Crippen LogP contribution is -2.58. The van der Waals surface area contributed by atoms with Crippen molar-refractivity contribution in [3.05, 3.63) is 75.7 Å². The number of anilines is 3. The van der Waals surface area contributed by atoms with Gasteiger partial charge in [0.25, 0.3) is 23.3 Å². The van der Waals surface area contributed by atoms with Crippen LogP contribution in [0.25, 0.3) is 10.2 Å². The Labute approximate surface area is 345 Å². The van der Waals surface area contributed by atoms with E-state index in [2.05, 4.69) is 25.3 Å². The van der Waals surface area contributed by atoms with Crippen LogP contribution in [0.5, 0.6) is 5.75 Å². The van der Waals surface area contributed by atoms with Crippen molar-refractivity contribution in [1.29, 1.82) is 0 Å². The number of carbonyl (C=O) groups excluding carboxylic acids is 5. The zero-order chi connectivity index (χ0) is 41.2. The third-order valence-corrected chi connectivity index (χ3v) is 13.7. The Kier molecular flexibility index (Phi) is 10.0. The smallest absolute Gasteiger partial charge is 0.274 e. The molecule has 6 heterocycles. The van der Waals surface area contributed by atoms with Crippen LogP contribution < -0.4 is 30.7 Å². The zero-order valence-corrected chi connectivity index (χ0v) is 34.3. The average Bonchev–Trinajstić information content (AvgIpc) is 3.72. The number of piperazine rings is 1. The Morgan fingerprint density at radius 3 is 2.42 bits per heavy atom. The molecule has 3 saturated heterocycles. The predicted molar refractivity (Wildman–Crippen MR) is 223 cm³/mol. The van der Waals surface area contributed by atoms with E-state index >= 15 is 0 Å². The van der Waals surface area contributed by atoms with Gasteiger partial charge in [0.05, 0.1) is 33.0 Å². The van der Waals surface area contributed by atoms with Crippen molar-refractivity contribution in [3.63, 3.8) is 0 Å². The maximum absolute atomic E-state index is 13.5. The summed E-state index contributed by atoms with van der Waals surface area (Å²) in [5.41, 5.74) is 2.86. The van der Waals surface area contributed by atoms with Crippen LogP contribution in [0.1, 0.15) is 83.4 Å². The fourth-order valence-corrected chi connectivity index (χ4v) is 10.4. The number of thiazole rings is 1. The Morgan fingerprint density at radius 1 is 0.949 bits per heavy atom. The average molecular weight is 821 g/mol. The minimum Gasteiger partial charge on any atom is -0.490 e. The number of pyridine rings is 1. The number of carbonyl (C=O) groups is 5. The number of rotatable bonds is 9. The second-order valence-corrected chi connectivity index (χ2v) is 18.0. The Morgan fingerprint density at radius 2 is 1.69 bits per heavy atom.